The van der Waals surface area contributed by atoms with Gasteiger partial charge in [-0.25, -0.2) is 9.67 Å². The Morgan fingerprint density at radius 1 is 1.37 bits per heavy atom. The third-order valence-electron chi connectivity index (χ3n) is 3.41. The average Bonchev–Trinajstić information content (AvgIpc) is 3.03. The van der Waals surface area contributed by atoms with Crippen LogP contribution in [0.15, 0.2) is 23.7 Å². The minimum absolute atomic E-state index is 0.559. The van der Waals surface area contributed by atoms with Gasteiger partial charge in [0.25, 0.3) is 0 Å². The van der Waals surface area contributed by atoms with Crippen LogP contribution < -0.4 is 5.73 Å². The summed E-state index contributed by atoms with van der Waals surface area (Å²) in [6, 6.07) is 6.16. The van der Waals surface area contributed by atoms with E-state index in [1.54, 1.807) is 11.3 Å². The lowest BCUT2D eigenvalue weighted by Gasteiger charge is -2.14. The molecule has 0 aliphatic carbocycles. The molecule has 1 aliphatic rings. The summed E-state index contributed by atoms with van der Waals surface area (Å²) >= 11 is 1.63. The Balaban J connectivity index is 1.91. The predicted octanol–water partition coefficient (Wildman–Crippen LogP) is 2.14. The predicted molar refractivity (Wildman–Crippen MR) is 74.5 cm³/mol. The molecule has 3 aromatic rings. The van der Waals surface area contributed by atoms with Gasteiger partial charge in [-0.2, -0.15) is 5.10 Å². The molecule has 3 heterocycles. The molecule has 0 spiro atoms. The average molecular weight is 272 g/mol. The van der Waals surface area contributed by atoms with Crippen molar-refractivity contribution in [2.75, 3.05) is 12.3 Å². The van der Waals surface area contributed by atoms with E-state index >= 15 is 0 Å². The molecule has 19 heavy (non-hydrogen) atoms. The van der Waals surface area contributed by atoms with E-state index < -0.39 is 0 Å². The van der Waals surface area contributed by atoms with E-state index in [0.29, 0.717) is 12.4 Å². The van der Waals surface area contributed by atoms with Crippen LogP contribution in [0.25, 0.3) is 15.9 Å². The SMILES string of the molecule is Nc1nn(-c2ccc3ncsc3c2)c2c1COCC2. The number of nitrogens with zero attached hydrogens (tertiary/aromatic N) is 3. The van der Waals surface area contributed by atoms with Gasteiger partial charge in [-0.05, 0) is 18.2 Å². The van der Waals surface area contributed by atoms with Crippen molar-refractivity contribution in [3.05, 3.63) is 35.0 Å². The normalized spacial score (nSPS) is 14.7. The standard InChI is InChI=1S/C13H12N4OS/c14-13-9-6-18-4-3-11(9)17(16-13)8-1-2-10-12(5-8)19-7-15-10/h1-2,5,7H,3-4,6H2,(H2,14,16). The van der Waals surface area contributed by atoms with Crippen molar-refractivity contribution in [1.82, 2.24) is 14.8 Å². The van der Waals surface area contributed by atoms with Crippen molar-refractivity contribution >= 4 is 27.4 Å². The smallest absolute Gasteiger partial charge is 0.151 e. The van der Waals surface area contributed by atoms with E-state index in [4.69, 9.17) is 10.5 Å². The van der Waals surface area contributed by atoms with Crippen molar-refractivity contribution < 1.29 is 4.74 Å². The zero-order chi connectivity index (χ0) is 12.8. The summed E-state index contributed by atoms with van der Waals surface area (Å²) in [6.07, 6.45) is 0.847. The molecule has 2 N–H and O–H groups in total. The van der Waals surface area contributed by atoms with Crippen LogP contribution in [0.3, 0.4) is 0 Å². The maximum absolute atomic E-state index is 5.97. The van der Waals surface area contributed by atoms with Crippen LogP contribution >= 0.6 is 11.3 Å². The van der Waals surface area contributed by atoms with Crippen LogP contribution in [-0.4, -0.2) is 21.4 Å². The summed E-state index contributed by atoms with van der Waals surface area (Å²) in [4.78, 5) is 4.29. The first kappa shape index (κ1) is 11.0. The monoisotopic (exact) mass is 272 g/mol. The first-order valence-corrected chi connectivity index (χ1v) is 6.98. The Labute approximate surface area is 113 Å². The molecular weight excluding hydrogens is 260 g/mol. The topological polar surface area (TPSA) is 66.0 Å². The van der Waals surface area contributed by atoms with E-state index in [1.165, 1.54) is 0 Å². The van der Waals surface area contributed by atoms with Crippen LogP contribution in [0.5, 0.6) is 0 Å². The van der Waals surface area contributed by atoms with Crippen molar-refractivity contribution in [2.24, 2.45) is 0 Å². The lowest BCUT2D eigenvalue weighted by Crippen LogP contribution is -2.13. The molecule has 0 amide bonds. The fraction of sp³-hybridized carbons (Fsp3) is 0.231. The summed E-state index contributed by atoms with van der Waals surface area (Å²) in [5, 5.41) is 4.45. The van der Waals surface area contributed by atoms with Gasteiger partial charge in [0.2, 0.25) is 0 Å². The molecule has 96 valence electrons. The molecule has 1 aromatic carbocycles. The molecule has 4 rings (SSSR count). The summed E-state index contributed by atoms with van der Waals surface area (Å²) in [7, 11) is 0. The molecule has 2 aromatic heterocycles. The maximum atomic E-state index is 5.97. The number of hydrogen-bond donors (Lipinski definition) is 1. The van der Waals surface area contributed by atoms with E-state index in [9.17, 15) is 0 Å². The number of nitrogen functional groups attached to an aromatic ring is 1. The second-order valence-electron chi connectivity index (χ2n) is 4.53. The van der Waals surface area contributed by atoms with Crippen LogP contribution in [0.2, 0.25) is 0 Å². The Hall–Kier alpha value is -1.92. The molecule has 0 radical (unpaired) electrons. The molecule has 0 atom stereocenters. The minimum atomic E-state index is 0.559. The number of anilines is 1. The van der Waals surface area contributed by atoms with Gasteiger partial charge in [0.15, 0.2) is 5.82 Å². The van der Waals surface area contributed by atoms with Gasteiger partial charge in [0.1, 0.15) is 0 Å². The van der Waals surface area contributed by atoms with Gasteiger partial charge in [0, 0.05) is 12.0 Å². The van der Waals surface area contributed by atoms with E-state index in [0.717, 1.165) is 40.2 Å². The Kier molecular flexibility index (Phi) is 2.33. The van der Waals surface area contributed by atoms with E-state index in [-0.39, 0.29) is 0 Å². The first-order valence-electron chi connectivity index (χ1n) is 6.10. The highest BCUT2D eigenvalue weighted by Gasteiger charge is 2.20. The molecular formula is C13H12N4OS. The molecule has 0 fully saturated rings. The number of aromatic nitrogens is 3. The largest absolute Gasteiger partial charge is 0.382 e. The molecule has 0 unspecified atom stereocenters. The number of fused-ring (bicyclic) bond motifs is 2. The number of hydrogen-bond acceptors (Lipinski definition) is 5. The zero-order valence-corrected chi connectivity index (χ0v) is 11.0. The highest BCUT2D eigenvalue weighted by molar-refractivity contribution is 7.16. The molecule has 0 saturated heterocycles. The van der Waals surface area contributed by atoms with Gasteiger partial charge >= 0.3 is 0 Å². The summed E-state index contributed by atoms with van der Waals surface area (Å²) in [5.41, 5.74) is 12.1. The van der Waals surface area contributed by atoms with Gasteiger partial charge in [-0.1, -0.05) is 0 Å². The van der Waals surface area contributed by atoms with Gasteiger partial charge < -0.3 is 10.5 Å². The molecule has 0 saturated carbocycles. The number of benzene rings is 1. The van der Waals surface area contributed by atoms with Crippen LogP contribution in [-0.2, 0) is 17.8 Å². The highest BCUT2D eigenvalue weighted by atomic mass is 32.1. The summed E-state index contributed by atoms with van der Waals surface area (Å²) in [6.45, 7) is 1.28. The molecule has 0 bridgehead atoms. The highest BCUT2D eigenvalue weighted by Crippen LogP contribution is 2.27. The second kappa shape index (κ2) is 4.04. The number of thiazole rings is 1. The van der Waals surface area contributed by atoms with E-state index in [1.807, 2.05) is 22.3 Å². The number of rotatable bonds is 1. The summed E-state index contributed by atoms with van der Waals surface area (Å²) in [5.74, 6) is 0.569. The van der Waals surface area contributed by atoms with Crippen molar-refractivity contribution in [3.8, 4) is 5.69 Å². The van der Waals surface area contributed by atoms with Crippen molar-refractivity contribution in [1.29, 1.82) is 0 Å². The first-order chi connectivity index (χ1) is 9.33. The molecule has 1 aliphatic heterocycles. The van der Waals surface area contributed by atoms with Gasteiger partial charge in [-0.3, -0.25) is 0 Å². The Morgan fingerprint density at radius 2 is 2.32 bits per heavy atom. The van der Waals surface area contributed by atoms with Gasteiger partial charge in [-0.15, -0.1) is 11.3 Å². The summed E-state index contributed by atoms with van der Waals surface area (Å²) < 4.78 is 8.54. The minimum Gasteiger partial charge on any atom is -0.382 e. The second-order valence-corrected chi connectivity index (χ2v) is 5.42. The number of ether oxygens (including phenoxy) is 1. The third kappa shape index (κ3) is 1.64. The Bertz CT molecular complexity index is 761. The van der Waals surface area contributed by atoms with E-state index in [2.05, 4.69) is 16.1 Å². The quantitative estimate of drug-likeness (QED) is 0.737. The fourth-order valence-corrected chi connectivity index (χ4v) is 3.16. The lowest BCUT2D eigenvalue weighted by molar-refractivity contribution is 0.110. The van der Waals surface area contributed by atoms with Crippen LogP contribution in [0.1, 0.15) is 11.3 Å². The maximum Gasteiger partial charge on any atom is 0.151 e. The van der Waals surface area contributed by atoms with Crippen molar-refractivity contribution in [3.63, 3.8) is 0 Å². The van der Waals surface area contributed by atoms with Crippen LogP contribution in [0, 0.1) is 0 Å². The molecule has 6 heteroatoms. The lowest BCUT2D eigenvalue weighted by atomic mass is 10.1. The molecule has 5 nitrogen and oxygen atoms in total. The van der Waals surface area contributed by atoms with Crippen LogP contribution in [0.4, 0.5) is 5.82 Å². The zero-order valence-electron chi connectivity index (χ0n) is 10.2. The Morgan fingerprint density at radius 3 is 3.26 bits per heavy atom. The fourth-order valence-electron chi connectivity index (χ4n) is 2.45. The van der Waals surface area contributed by atoms with Gasteiger partial charge in [0.05, 0.1) is 40.3 Å². The number of nitrogens with two attached hydrogens (primary N) is 1. The van der Waals surface area contributed by atoms with Crippen molar-refractivity contribution in [2.45, 2.75) is 13.0 Å². The third-order valence-corrected chi connectivity index (χ3v) is 4.20.